The molecule has 2 radical (unpaired) electrons. The van der Waals surface area contributed by atoms with Crippen molar-refractivity contribution in [3.63, 3.8) is 0 Å². The van der Waals surface area contributed by atoms with Gasteiger partial charge in [0.2, 0.25) is 0 Å². The summed E-state index contributed by atoms with van der Waals surface area (Å²) >= 11 is 0. The van der Waals surface area contributed by atoms with Crippen molar-refractivity contribution in [3.05, 3.63) is 29.3 Å². The van der Waals surface area contributed by atoms with Gasteiger partial charge in [-0.05, 0) is 11.6 Å². The molecule has 0 spiro atoms. The van der Waals surface area contributed by atoms with E-state index in [9.17, 15) is 4.79 Å². The largest absolute Gasteiger partial charge is 0.396 e. The number of hydrogen-bond donors (Lipinski definition) is 2. The lowest BCUT2D eigenvalue weighted by Crippen LogP contribution is -2.37. The van der Waals surface area contributed by atoms with E-state index in [-0.39, 0.29) is 18.4 Å². The van der Waals surface area contributed by atoms with Gasteiger partial charge in [-0.15, -0.1) is 0 Å². The zero-order valence-electron chi connectivity index (χ0n) is 7.66. The van der Waals surface area contributed by atoms with Crippen molar-refractivity contribution in [1.82, 2.24) is 5.32 Å². The molecular formula is C10H10BNO2. The van der Waals surface area contributed by atoms with Crippen LogP contribution in [-0.2, 0) is 0 Å². The Balaban J connectivity index is 2.51. The Morgan fingerprint density at radius 1 is 1.57 bits per heavy atom. The van der Waals surface area contributed by atoms with Crippen molar-refractivity contribution in [3.8, 4) is 0 Å². The highest BCUT2D eigenvalue weighted by atomic mass is 16.3. The molecule has 0 aromatic heterocycles. The second-order valence-electron chi connectivity index (χ2n) is 3.44. The molecule has 3 nitrogen and oxygen atoms in total. The van der Waals surface area contributed by atoms with E-state index in [1.54, 1.807) is 18.2 Å². The predicted molar refractivity (Wildman–Crippen MR) is 54.0 cm³/mol. The highest BCUT2D eigenvalue weighted by Crippen LogP contribution is 2.22. The topological polar surface area (TPSA) is 49.3 Å². The molecule has 2 N–H and O–H groups in total. The number of aliphatic hydroxyl groups excluding tert-OH is 1. The van der Waals surface area contributed by atoms with Gasteiger partial charge in [-0.2, -0.15) is 0 Å². The van der Waals surface area contributed by atoms with Crippen LogP contribution >= 0.6 is 0 Å². The Morgan fingerprint density at radius 2 is 2.36 bits per heavy atom. The fourth-order valence-electron chi connectivity index (χ4n) is 1.71. The number of hydrogen-bond acceptors (Lipinski definition) is 2. The van der Waals surface area contributed by atoms with Crippen molar-refractivity contribution in [1.29, 1.82) is 0 Å². The van der Waals surface area contributed by atoms with Crippen molar-refractivity contribution < 1.29 is 9.90 Å². The van der Waals surface area contributed by atoms with Crippen LogP contribution in [0.4, 0.5) is 0 Å². The molecule has 1 atom stereocenters. The number of nitrogens with one attached hydrogen (secondary N) is 1. The number of carbonyl (C=O) groups is 1. The molecule has 0 fully saturated rings. The molecule has 0 bridgehead atoms. The number of carbonyl (C=O) groups excluding carboxylic acids is 1. The maximum atomic E-state index is 11.4. The van der Waals surface area contributed by atoms with E-state index in [4.69, 9.17) is 13.0 Å². The van der Waals surface area contributed by atoms with Gasteiger partial charge in [0.25, 0.3) is 5.91 Å². The number of fused-ring (bicyclic) bond motifs is 1. The van der Waals surface area contributed by atoms with Gasteiger partial charge in [-0.3, -0.25) is 4.79 Å². The Kier molecular flexibility index (Phi) is 2.29. The molecule has 1 aliphatic rings. The molecule has 0 saturated heterocycles. The number of benzene rings is 1. The Morgan fingerprint density at radius 3 is 3.07 bits per heavy atom. The smallest absolute Gasteiger partial charge is 0.251 e. The quantitative estimate of drug-likeness (QED) is 0.571. The van der Waals surface area contributed by atoms with Gasteiger partial charge in [-0.25, -0.2) is 0 Å². The van der Waals surface area contributed by atoms with Crippen LogP contribution in [0.15, 0.2) is 18.2 Å². The fourth-order valence-corrected chi connectivity index (χ4v) is 1.71. The first-order valence-corrected chi connectivity index (χ1v) is 4.51. The van der Waals surface area contributed by atoms with Crippen molar-refractivity contribution in [2.75, 3.05) is 13.2 Å². The summed E-state index contributed by atoms with van der Waals surface area (Å²) in [6.07, 6.45) is 0. The Hall–Kier alpha value is -1.29. The molecule has 0 aliphatic carbocycles. The first-order chi connectivity index (χ1) is 6.72. The Bertz CT molecular complexity index is 378. The van der Waals surface area contributed by atoms with Gasteiger partial charge < -0.3 is 10.4 Å². The van der Waals surface area contributed by atoms with Crippen molar-refractivity contribution in [2.45, 2.75) is 5.92 Å². The van der Waals surface area contributed by atoms with Gasteiger partial charge in [0, 0.05) is 18.0 Å². The van der Waals surface area contributed by atoms with Crippen LogP contribution in [-0.4, -0.2) is 32.0 Å². The van der Waals surface area contributed by atoms with Crippen LogP contribution in [0, 0.1) is 0 Å². The summed E-state index contributed by atoms with van der Waals surface area (Å²) in [4.78, 5) is 11.4. The molecule has 1 amide bonds. The maximum absolute atomic E-state index is 11.4. The van der Waals surface area contributed by atoms with Gasteiger partial charge in [0.05, 0.1) is 6.61 Å². The summed E-state index contributed by atoms with van der Waals surface area (Å²) in [6.45, 7) is 0.502. The highest BCUT2D eigenvalue weighted by molar-refractivity contribution is 6.32. The average molecular weight is 187 g/mol. The molecule has 4 heteroatoms. The van der Waals surface area contributed by atoms with E-state index in [1.165, 1.54) is 0 Å². The summed E-state index contributed by atoms with van der Waals surface area (Å²) in [7, 11) is 5.63. The van der Waals surface area contributed by atoms with Crippen molar-refractivity contribution >= 4 is 19.2 Å². The second-order valence-corrected chi connectivity index (χ2v) is 3.44. The predicted octanol–water partition coefficient (Wildman–Crippen LogP) is -0.700. The van der Waals surface area contributed by atoms with Gasteiger partial charge >= 0.3 is 0 Å². The molecule has 1 aromatic carbocycles. The SMILES string of the molecule is [B]c1ccc2c(c1)C(CO)CNC2=O. The summed E-state index contributed by atoms with van der Waals surface area (Å²) < 4.78 is 0. The molecule has 1 aromatic rings. The molecule has 1 unspecified atom stereocenters. The van der Waals surface area contributed by atoms with Crippen LogP contribution in [0.25, 0.3) is 0 Å². The normalized spacial score (nSPS) is 20.1. The van der Waals surface area contributed by atoms with E-state index < -0.39 is 0 Å². The molecule has 1 heterocycles. The lowest BCUT2D eigenvalue weighted by atomic mass is 9.85. The van der Waals surface area contributed by atoms with E-state index >= 15 is 0 Å². The number of rotatable bonds is 1. The van der Waals surface area contributed by atoms with Crippen LogP contribution in [0.3, 0.4) is 0 Å². The van der Waals surface area contributed by atoms with Crippen LogP contribution in [0.1, 0.15) is 21.8 Å². The van der Waals surface area contributed by atoms with Crippen LogP contribution in [0.5, 0.6) is 0 Å². The average Bonchev–Trinajstić information content (AvgIpc) is 2.18. The minimum atomic E-state index is -0.0929. The Labute approximate surface area is 83.5 Å². The maximum Gasteiger partial charge on any atom is 0.251 e. The number of amides is 1. The number of aliphatic hydroxyl groups is 1. The molecule has 14 heavy (non-hydrogen) atoms. The zero-order chi connectivity index (χ0) is 10.1. The molecule has 1 aliphatic heterocycles. The zero-order valence-corrected chi connectivity index (χ0v) is 7.66. The first kappa shape index (κ1) is 9.28. The molecule has 70 valence electrons. The van der Waals surface area contributed by atoms with Gasteiger partial charge in [-0.1, -0.05) is 17.6 Å². The first-order valence-electron chi connectivity index (χ1n) is 4.51. The molecular weight excluding hydrogens is 177 g/mol. The van der Waals surface area contributed by atoms with Gasteiger partial charge in [0.15, 0.2) is 0 Å². The molecule has 0 saturated carbocycles. The third kappa shape index (κ3) is 1.42. The van der Waals surface area contributed by atoms with E-state index in [0.29, 0.717) is 17.6 Å². The summed E-state index contributed by atoms with van der Waals surface area (Å²) in [6, 6.07) is 5.15. The third-order valence-corrected chi connectivity index (χ3v) is 2.49. The second kappa shape index (κ2) is 3.46. The lowest BCUT2D eigenvalue weighted by Gasteiger charge is -2.24. The minimum Gasteiger partial charge on any atom is -0.396 e. The minimum absolute atomic E-state index is 0.0245. The van der Waals surface area contributed by atoms with E-state index in [2.05, 4.69) is 5.32 Å². The van der Waals surface area contributed by atoms with Crippen LogP contribution < -0.4 is 10.8 Å². The highest BCUT2D eigenvalue weighted by Gasteiger charge is 2.24. The fraction of sp³-hybridized carbons (Fsp3) is 0.300. The summed E-state index contributed by atoms with van der Waals surface area (Å²) in [5.74, 6) is -0.129. The summed E-state index contributed by atoms with van der Waals surface area (Å²) in [5.41, 5.74) is 2.08. The van der Waals surface area contributed by atoms with Gasteiger partial charge in [0.1, 0.15) is 7.85 Å². The van der Waals surface area contributed by atoms with Crippen LogP contribution in [0.2, 0.25) is 0 Å². The van der Waals surface area contributed by atoms with E-state index in [0.717, 1.165) is 5.56 Å². The standard InChI is InChI=1S/C10H10BNO2/c11-7-1-2-8-9(3-7)6(5-13)4-12-10(8)14/h1-3,6,13H,4-5H2,(H,12,14). The van der Waals surface area contributed by atoms with Crippen molar-refractivity contribution in [2.24, 2.45) is 0 Å². The molecule has 2 rings (SSSR count). The van der Waals surface area contributed by atoms with E-state index in [1.807, 2.05) is 0 Å². The third-order valence-electron chi connectivity index (χ3n) is 2.49. The monoisotopic (exact) mass is 187 g/mol. The lowest BCUT2D eigenvalue weighted by molar-refractivity contribution is 0.0933. The summed E-state index contributed by atoms with van der Waals surface area (Å²) in [5, 5.41) is 11.8.